The maximum atomic E-state index is 13.3. The first-order valence-electron chi connectivity index (χ1n) is 12.2. The minimum Gasteiger partial charge on any atom is -0.489 e. The number of hydrogen-bond donors (Lipinski definition) is 1. The van der Waals surface area contributed by atoms with Gasteiger partial charge in [0, 0.05) is 19.1 Å². The van der Waals surface area contributed by atoms with Crippen molar-refractivity contribution in [1.82, 2.24) is 0 Å². The van der Waals surface area contributed by atoms with Crippen LogP contribution in [0.15, 0.2) is 78.9 Å². The number of Topliss-reactive ketones (excluding diaryl/α,β-unsaturated/α-hetero) is 1. The average Bonchev–Trinajstić information content (AvgIpc) is 2.87. The molecule has 35 heavy (non-hydrogen) atoms. The Morgan fingerprint density at radius 1 is 1.00 bits per heavy atom. The predicted octanol–water partition coefficient (Wildman–Crippen LogP) is 6.61. The Morgan fingerprint density at radius 3 is 2.63 bits per heavy atom. The lowest BCUT2D eigenvalue weighted by molar-refractivity contribution is 0.0772. The summed E-state index contributed by atoms with van der Waals surface area (Å²) in [5.41, 5.74) is 4.46. The average molecular weight is 467 g/mol. The molecule has 1 heterocycles. The summed E-state index contributed by atoms with van der Waals surface area (Å²) in [6.45, 7) is 4.63. The zero-order chi connectivity index (χ0) is 24.4. The lowest BCUT2D eigenvalue weighted by Gasteiger charge is -2.29. The van der Waals surface area contributed by atoms with Gasteiger partial charge in [-0.25, -0.2) is 0 Å². The number of carbonyl (C=O) groups excluding carboxylic acids is 1. The van der Waals surface area contributed by atoms with Gasteiger partial charge in [0.05, 0.1) is 5.56 Å². The van der Waals surface area contributed by atoms with E-state index in [0.717, 1.165) is 27.6 Å². The first-order valence-corrected chi connectivity index (χ1v) is 12.2. The molecule has 5 rings (SSSR count). The highest BCUT2D eigenvalue weighted by molar-refractivity contribution is 6.06. The lowest BCUT2D eigenvalue weighted by Crippen LogP contribution is -2.31. The monoisotopic (exact) mass is 466 g/mol. The van der Waals surface area contributed by atoms with Gasteiger partial charge in [-0.3, -0.25) is 4.79 Å². The van der Waals surface area contributed by atoms with E-state index in [1.165, 1.54) is 5.39 Å². The van der Waals surface area contributed by atoms with Crippen LogP contribution < -0.4 is 9.47 Å². The summed E-state index contributed by atoms with van der Waals surface area (Å²) in [4.78, 5) is 13.3. The Morgan fingerprint density at radius 2 is 1.80 bits per heavy atom. The maximum absolute atomic E-state index is 13.3. The quantitative estimate of drug-likeness (QED) is 0.333. The van der Waals surface area contributed by atoms with Gasteiger partial charge in [-0.05, 0) is 51.4 Å². The molecule has 1 aliphatic heterocycles. The second kappa shape index (κ2) is 9.93. The first-order chi connectivity index (χ1) is 17.0. The van der Waals surface area contributed by atoms with Crippen LogP contribution >= 0.6 is 0 Å². The molecule has 0 fully saturated rings. The molecule has 0 aromatic heterocycles. The van der Waals surface area contributed by atoms with E-state index in [0.29, 0.717) is 36.5 Å². The molecule has 4 heteroatoms. The standard InChI is InChI=1S/C31H30O4/c1-20(2)29-18-28(33)31-27(23-10-5-7-21(15-23)13-14-32)16-25(17-30(31)35-29)34-19-24-11-6-9-22-8-3-4-12-26(22)24/h3-12,15-17,20,29,32H,13-14,18-19H2,1-2H3. The molecule has 0 saturated heterocycles. The van der Waals surface area contributed by atoms with E-state index in [4.69, 9.17) is 9.47 Å². The highest BCUT2D eigenvalue weighted by Gasteiger charge is 2.31. The molecule has 4 aromatic rings. The second-order valence-corrected chi connectivity index (χ2v) is 9.47. The first kappa shape index (κ1) is 23.1. The maximum Gasteiger partial charge on any atom is 0.170 e. The van der Waals surface area contributed by atoms with Crippen molar-refractivity contribution in [2.45, 2.75) is 39.4 Å². The smallest absolute Gasteiger partial charge is 0.170 e. The van der Waals surface area contributed by atoms with Crippen molar-refractivity contribution in [2.75, 3.05) is 6.61 Å². The third-order valence-corrected chi connectivity index (χ3v) is 6.68. The third kappa shape index (κ3) is 4.80. The predicted molar refractivity (Wildman–Crippen MR) is 139 cm³/mol. The number of rotatable bonds is 7. The fourth-order valence-corrected chi connectivity index (χ4v) is 4.75. The van der Waals surface area contributed by atoms with Gasteiger partial charge in [-0.2, -0.15) is 0 Å². The fraction of sp³-hybridized carbons (Fsp3) is 0.258. The zero-order valence-electron chi connectivity index (χ0n) is 20.2. The summed E-state index contributed by atoms with van der Waals surface area (Å²) in [6, 6.07) is 26.3. The molecule has 0 bridgehead atoms. The Bertz CT molecular complexity index is 1370. The molecule has 4 nitrogen and oxygen atoms in total. The molecular weight excluding hydrogens is 436 g/mol. The molecule has 178 valence electrons. The van der Waals surface area contributed by atoms with Gasteiger partial charge in [-0.1, -0.05) is 80.6 Å². The number of hydrogen-bond acceptors (Lipinski definition) is 4. The van der Waals surface area contributed by atoms with E-state index in [1.54, 1.807) is 0 Å². The van der Waals surface area contributed by atoms with Crippen molar-refractivity contribution in [2.24, 2.45) is 5.92 Å². The normalized spacial score (nSPS) is 15.2. The topological polar surface area (TPSA) is 55.8 Å². The molecule has 0 radical (unpaired) electrons. The molecule has 1 N–H and O–H groups in total. The summed E-state index contributed by atoms with van der Waals surface area (Å²) >= 11 is 0. The van der Waals surface area contributed by atoms with E-state index in [1.807, 2.05) is 54.6 Å². The fourth-order valence-electron chi connectivity index (χ4n) is 4.75. The molecular formula is C31H30O4. The van der Waals surface area contributed by atoms with Crippen molar-refractivity contribution >= 4 is 16.6 Å². The largest absolute Gasteiger partial charge is 0.489 e. The van der Waals surface area contributed by atoms with Gasteiger partial charge >= 0.3 is 0 Å². The van der Waals surface area contributed by atoms with Crippen molar-refractivity contribution in [3.05, 3.63) is 95.6 Å². The van der Waals surface area contributed by atoms with Crippen molar-refractivity contribution in [3.8, 4) is 22.6 Å². The molecule has 0 saturated carbocycles. The summed E-state index contributed by atoms with van der Waals surface area (Å²) in [5, 5.41) is 11.7. The number of aliphatic hydroxyl groups is 1. The van der Waals surface area contributed by atoms with Crippen LogP contribution in [-0.4, -0.2) is 23.6 Å². The number of carbonyl (C=O) groups is 1. The lowest BCUT2D eigenvalue weighted by atomic mass is 9.88. The number of aliphatic hydroxyl groups excluding tert-OH is 1. The van der Waals surface area contributed by atoms with Gasteiger partial charge in [0.25, 0.3) is 0 Å². The van der Waals surface area contributed by atoms with Crippen molar-refractivity contribution < 1.29 is 19.4 Å². The Kier molecular flexibility index (Phi) is 6.56. The number of fused-ring (bicyclic) bond motifs is 2. The Labute approximate surface area is 206 Å². The van der Waals surface area contributed by atoms with E-state index in [-0.39, 0.29) is 24.4 Å². The van der Waals surface area contributed by atoms with Crippen LogP contribution in [-0.2, 0) is 13.0 Å². The molecule has 0 spiro atoms. The van der Waals surface area contributed by atoms with E-state index >= 15 is 0 Å². The van der Waals surface area contributed by atoms with Crippen molar-refractivity contribution in [1.29, 1.82) is 0 Å². The SMILES string of the molecule is CC(C)C1CC(=O)c2c(cc(OCc3cccc4ccccc34)cc2-c2cccc(CCO)c2)O1. The molecule has 0 aliphatic carbocycles. The van der Waals surface area contributed by atoms with Crippen LogP contribution in [0.3, 0.4) is 0 Å². The Hall–Kier alpha value is -3.63. The number of ketones is 1. The minimum absolute atomic E-state index is 0.0772. The molecule has 1 atom stereocenters. The van der Waals surface area contributed by atoms with Gasteiger partial charge in [0.15, 0.2) is 5.78 Å². The van der Waals surface area contributed by atoms with Gasteiger partial charge in [-0.15, -0.1) is 0 Å². The van der Waals surface area contributed by atoms with Crippen molar-refractivity contribution in [3.63, 3.8) is 0 Å². The van der Waals surface area contributed by atoms with Gasteiger partial charge < -0.3 is 14.6 Å². The van der Waals surface area contributed by atoms with E-state index in [9.17, 15) is 9.90 Å². The third-order valence-electron chi connectivity index (χ3n) is 6.68. The van der Waals surface area contributed by atoms with Crippen LogP contribution in [0.4, 0.5) is 0 Å². The van der Waals surface area contributed by atoms with E-state index in [2.05, 4.69) is 38.1 Å². The number of ether oxygens (including phenoxy) is 2. The minimum atomic E-state index is -0.156. The highest BCUT2D eigenvalue weighted by atomic mass is 16.5. The van der Waals surface area contributed by atoms with Gasteiger partial charge in [0.1, 0.15) is 24.2 Å². The number of benzene rings is 4. The second-order valence-electron chi connectivity index (χ2n) is 9.47. The van der Waals surface area contributed by atoms with Crippen LogP contribution in [0.25, 0.3) is 21.9 Å². The highest BCUT2D eigenvalue weighted by Crippen LogP contribution is 2.41. The molecule has 0 amide bonds. The molecule has 1 aliphatic rings. The van der Waals surface area contributed by atoms with Gasteiger partial charge in [0.2, 0.25) is 0 Å². The zero-order valence-corrected chi connectivity index (χ0v) is 20.2. The Balaban J connectivity index is 1.55. The van der Waals surface area contributed by atoms with Crippen LogP contribution in [0.2, 0.25) is 0 Å². The van der Waals surface area contributed by atoms with Crippen LogP contribution in [0, 0.1) is 5.92 Å². The van der Waals surface area contributed by atoms with Crippen LogP contribution in [0.1, 0.15) is 41.8 Å². The molecule has 1 unspecified atom stereocenters. The summed E-state index contributed by atoms with van der Waals surface area (Å²) in [7, 11) is 0. The summed E-state index contributed by atoms with van der Waals surface area (Å²) in [5.74, 6) is 1.56. The molecule has 4 aromatic carbocycles. The van der Waals surface area contributed by atoms with Crippen LogP contribution in [0.5, 0.6) is 11.5 Å². The summed E-state index contributed by atoms with van der Waals surface area (Å²) in [6.07, 6.45) is 0.772. The summed E-state index contributed by atoms with van der Waals surface area (Å²) < 4.78 is 12.6. The van der Waals surface area contributed by atoms with E-state index < -0.39 is 0 Å².